The lowest BCUT2D eigenvalue weighted by Gasteiger charge is -2.34. The Kier molecular flexibility index (Phi) is 5.61. The maximum atomic E-state index is 13.4. The van der Waals surface area contributed by atoms with Gasteiger partial charge in [0.05, 0.1) is 12.1 Å². The number of carbonyl (C=O) groups excluding carboxylic acids is 1. The fourth-order valence-electron chi connectivity index (χ4n) is 3.66. The number of piperidine rings is 1. The van der Waals surface area contributed by atoms with Crippen LogP contribution in [-0.2, 0) is 4.79 Å². The minimum absolute atomic E-state index is 0.0626. The minimum atomic E-state index is -0.278. The second-order valence-corrected chi connectivity index (χ2v) is 6.94. The largest absolute Gasteiger partial charge is 0.473 e. The summed E-state index contributed by atoms with van der Waals surface area (Å²) in [6, 6.07) is 20.0. The normalized spacial score (nSPS) is 14.8. The minimum Gasteiger partial charge on any atom is -0.473 e. The van der Waals surface area contributed by atoms with E-state index >= 15 is 0 Å². The average Bonchev–Trinajstić information content (AvgIpc) is 2.77. The summed E-state index contributed by atoms with van der Waals surface area (Å²) in [6.07, 6.45) is 6.52. The molecule has 2 heterocycles. The van der Waals surface area contributed by atoms with Crippen molar-refractivity contribution in [1.82, 2.24) is 14.9 Å². The van der Waals surface area contributed by atoms with Crippen LogP contribution in [0.2, 0.25) is 0 Å². The summed E-state index contributed by atoms with van der Waals surface area (Å²) in [4.78, 5) is 23.6. The number of rotatable bonds is 5. The van der Waals surface area contributed by atoms with Gasteiger partial charge in [0.1, 0.15) is 6.10 Å². The molecule has 0 bridgehead atoms. The van der Waals surface area contributed by atoms with Crippen LogP contribution in [-0.4, -0.2) is 40.0 Å². The molecule has 28 heavy (non-hydrogen) atoms. The van der Waals surface area contributed by atoms with E-state index in [1.165, 1.54) is 0 Å². The van der Waals surface area contributed by atoms with E-state index in [0.29, 0.717) is 19.0 Å². The van der Waals surface area contributed by atoms with E-state index in [2.05, 4.69) is 9.97 Å². The predicted octanol–water partition coefficient (Wildman–Crippen LogP) is 3.68. The molecule has 3 aromatic rings. The zero-order chi connectivity index (χ0) is 19.2. The first-order valence-electron chi connectivity index (χ1n) is 9.62. The van der Waals surface area contributed by atoms with Crippen molar-refractivity contribution in [2.45, 2.75) is 24.9 Å². The van der Waals surface area contributed by atoms with Gasteiger partial charge in [-0.25, -0.2) is 4.98 Å². The summed E-state index contributed by atoms with van der Waals surface area (Å²) in [5.41, 5.74) is 2.05. The second kappa shape index (κ2) is 8.65. The first kappa shape index (κ1) is 18.2. The molecule has 0 saturated carbocycles. The third-order valence-electron chi connectivity index (χ3n) is 5.09. The summed E-state index contributed by atoms with van der Waals surface area (Å²) in [5.74, 6) is 0.411. The van der Waals surface area contributed by atoms with Crippen LogP contribution in [0.15, 0.2) is 79.3 Å². The SMILES string of the molecule is O=C(C(c1ccccc1)c1ccccc1)N1CCC(Oc2cnccn2)CC1. The Hall–Kier alpha value is -3.21. The van der Waals surface area contributed by atoms with Crippen LogP contribution < -0.4 is 4.74 Å². The number of likely N-dealkylation sites (tertiary alicyclic amines) is 1. The Bertz CT molecular complexity index is 840. The van der Waals surface area contributed by atoms with E-state index in [4.69, 9.17) is 4.74 Å². The van der Waals surface area contributed by atoms with Crippen molar-refractivity contribution in [2.24, 2.45) is 0 Å². The van der Waals surface area contributed by atoms with Crippen molar-refractivity contribution in [3.8, 4) is 5.88 Å². The molecule has 1 fully saturated rings. The van der Waals surface area contributed by atoms with Crippen molar-refractivity contribution in [3.63, 3.8) is 0 Å². The van der Waals surface area contributed by atoms with Crippen LogP contribution in [0.4, 0.5) is 0 Å². The molecular weight excluding hydrogens is 350 g/mol. The van der Waals surface area contributed by atoms with Crippen LogP contribution in [0.5, 0.6) is 5.88 Å². The van der Waals surface area contributed by atoms with Gasteiger partial charge in [-0.2, -0.15) is 0 Å². The van der Waals surface area contributed by atoms with Crippen molar-refractivity contribution >= 4 is 5.91 Å². The number of aromatic nitrogens is 2. The molecule has 0 radical (unpaired) electrons. The molecule has 1 aliphatic heterocycles. The van der Waals surface area contributed by atoms with Gasteiger partial charge in [0.15, 0.2) is 0 Å². The summed E-state index contributed by atoms with van der Waals surface area (Å²) in [5, 5.41) is 0. The van der Waals surface area contributed by atoms with Crippen LogP contribution in [0, 0.1) is 0 Å². The van der Waals surface area contributed by atoms with E-state index in [-0.39, 0.29) is 17.9 Å². The summed E-state index contributed by atoms with van der Waals surface area (Å²) < 4.78 is 5.90. The number of amides is 1. The number of ether oxygens (including phenoxy) is 1. The lowest BCUT2D eigenvalue weighted by atomic mass is 9.89. The summed E-state index contributed by atoms with van der Waals surface area (Å²) >= 11 is 0. The fourth-order valence-corrected chi connectivity index (χ4v) is 3.66. The van der Waals surface area contributed by atoms with Gasteiger partial charge in [-0.1, -0.05) is 60.7 Å². The number of nitrogens with zero attached hydrogens (tertiary/aromatic N) is 3. The van der Waals surface area contributed by atoms with Crippen LogP contribution in [0.3, 0.4) is 0 Å². The zero-order valence-corrected chi connectivity index (χ0v) is 15.6. The van der Waals surface area contributed by atoms with Crippen LogP contribution in [0.25, 0.3) is 0 Å². The first-order valence-corrected chi connectivity index (χ1v) is 9.62. The Labute approximate surface area is 165 Å². The van der Waals surface area contributed by atoms with Crippen LogP contribution in [0.1, 0.15) is 29.9 Å². The van der Waals surface area contributed by atoms with Crippen molar-refractivity contribution in [1.29, 1.82) is 0 Å². The molecule has 0 aliphatic carbocycles. The van der Waals surface area contributed by atoms with Gasteiger partial charge in [0, 0.05) is 38.3 Å². The Morgan fingerprint density at radius 3 is 2.07 bits per heavy atom. The highest BCUT2D eigenvalue weighted by atomic mass is 16.5. The summed E-state index contributed by atoms with van der Waals surface area (Å²) in [6.45, 7) is 1.36. The molecule has 5 heteroatoms. The van der Waals surface area contributed by atoms with E-state index in [1.807, 2.05) is 65.6 Å². The van der Waals surface area contributed by atoms with Gasteiger partial charge in [-0.15, -0.1) is 0 Å². The highest BCUT2D eigenvalue weighted by Crippen LogP contribution is 2.28. The lowest BCUT2D eigenvalue weighted by Crippen LogP contribution is -2.44. The lowest BCUT2D eigenvalue weighted by molar-refractivity contribution is -0.133. The van der Waals surface area contributed by atoms with E-state index in [9.17, 15) is 4.79 Å². The molecule has 1 aliphatic rings. The second-order valence-electron chi connectivity index (χ2n) is 6.94. The Morgan fingerprint density at radius 2 is 1.54 bits per heavy atom. The molecular formula is C23H23N3O2. The molecule has 0 unspecified atom stereocenters. The summed E-state index contributed by atoms with van der Waals surface area (Å²) in [7, 11) is 0. The van der Waals surface area contributed by atoms with E-state index in [1.54, 1.807) is 18.6 Å². The molecule has 0 atom stereocenters. The Morgan fingerprint density at radius 1 is 0.929 bits per heavy atom. The average molecular weight is 373 g/mol. The highest BCUT2D eigenvalue weighted by molar-refractivity contribution is 5.87. The molecule has 1 amide bonds. The van der Waals surface area contributed by atoms with Gasteiger partial charge in [-0.3, -0.25) is 9.78 Å². The van der Waals surface area contributed by atoms with Crippen molar-refractivity contribution in [3.05, 3.63) is 90.4 Å². The number of hydrogen-bond donors (Lipinski definition) is 0. The third kappa shape index (κ3) is 4.19. The number of hydrogen-bond acceptors (Lipinski definition) is 4. The maximum Gasteiger partial charge on any atom is 0.234 e. The molecule has 2 aromatic carbocycles. The molecule has 4 rings (SSSR count). The van der Waals surface area contributed by atoms with Gasteiger partial charge in [-0.05, 0) is 11.1 Å². The molecule has 142 valence electrons. The standard InChI is InChI=1S/C23H23N3O2/c27-23(22(18-7-3-1-4-8-18)19-9-5-2-6-10-19)26-15-11-20(12-16-26)28-21-17-24-13-14-25-21/h1-10,13-14,17,20,22H,11-12,15-16H2. The molecule has 5 nitrogen and oxygen atoms in total. The van der Waals surface area contributed by atoms with Gasteiger partial charge >= 0.3 is 0 Å². The first-order chi connectivity index (χ1) is 13.8. The van der Waals surface area contributed by atoms with Crippen molar-refractivity contribution in [2.75, 3.05) is 13.1 Å². The number of benzene rings is 2. The molecule has 1 aromatic heterocycles. The molecule has 0 N–H and O–H groups in total. The quantitative estimate of drug-likeness (QED) is 0.685. The smallest absolute Gasteiger partial charge is 0.234 e. The third-order valence-corrected chi connectivity index (χ3v) is 5.09. The monoisotopic (exact) mass is 373 g/mol. The van der Waals surface area contributed by atoms with E-state index < -0.39 is 0 Å². The highest BCUT2D eigenvalue weighted by Gasteiger charge is 2.31. The van der Waals surface area contributed by atoms with Crippen molar-refractivity contribution < 1.29 is 9.53 Å². The Balaban J connectivity index is 1.46. The topological polar surface area (TPSA) is 55.3 Å². The maximum absolute atomic E-state index is 13.4. The molecule has 1 saturated heterocycles. The molecule has 0 spiro atoms. The zero-order valence-electron chi connectivity index (χ0n) is 15.6. The predicted molar refractivity (Wildman–Crippen MR) is 107 cm³/mol. The number of carbonyl (C=O) groups is 1. The van der Waals surface area contributed by atoms with Gasteiger partial charge < -0.3 is 9.64 Å². The fraction of sp³-hybridized carbons (Fsp3) is 0.261. The van der Waals surface area contributed by atoms with E-state index in [0.717, 1.165) is 24.0 Å². The van der Waals surface area contributed by atoms with Gasteiger partial charge in [0.2, 0.25) is 11.8 Å². The van der Waals surface area contributed by atoms with Crippen LogP contribution >= 0.6 is 0 Å². The van der Waals surface area contributed by atoms with Gasteiger partial charge in [0.25, 0.3) is 0 Å².